The molecule has 1 aliphatic rings. The van der Waals surface area contributed by atoms with Crippen molar-refractivity contribution in [2.45, 2.75) is 18.9 Å². The van der Waals surface area contributed by atoms with E-state index < -0.39 is 5.82 Å². The number of pyridine rings is 1. The fourth-order valence-electron chi connectivity index (χ4n) is 2.39. The Kier molecular flexibility index (Phi) is 4.37. The van der Waals surface area contributed by atoms with Crippen LogP contribution in [0.5, 0.6) is 0 Å². The zero-order valence-corrected chi connectivity index (χ0v) is 11.8. The third kappa shape index (κ3) is 3.22. The molecule has 0 N–H and O–H groups in total. The molecule has 1 aromatic heterocycles. The van der Waals surface area contributed by atoms with Gasteiger partial charge in [-0.05, 0) is 32.5 Å². The Morgan fingerprint density at radius 3 is 3.05 bits per heavy atom. The van der Waals surface area contributed by atoms with Crippen molar-refractivity contribution < 1.29 is 9.18 Å². The van der Waals surface area contributed by atoms with Gasteiger partial charge in [0.25, 0.3) is 5.91 Å². The minimum Gasteiger partial charge on any atom is -0.340 e. The van der Waals surface area contributed by atoms with Crippen molar-refractivity contribution >= 4 is 17.5 Å². The van der Waals surface area contributed by atoms with Crippen molar-refractivity contribution in [3.63, 3.8) is 0 Å². The molecule has 1 aromatic rings. The van der Waals surface area contributed by atoms with E-state index >= 15 is 0 Å². The number of rotatable bonds is 3. The predicted molar refractivity (Wildman–Crippen MR) is 71.8 cm³/mol. The minimum atomic E-state index is -0.556. The first-order valence-electron chi connectivity index (χ1n) is 6.26. The Labute approximate surface area is 117 Å². The molecule has 1 fully saturated rings. The van der Waals surface area contributed by atoms with Crippen LogP contribution >= 0.6 is 11.6 Å². The maximum absolute atomic E-state index is 13.1. The Balaban J connectivity index is 2.08. The van der Waals surface area contributed by atoms with Crippen LogP contribution in [0.1, 0.15) is 23.2 Å². The molecule has 2 rings (SSSR count). The molecule has 1 atom stereocenters. The van der Waals surface area contributed by atoms with Gasteiger partial charge in [-0.15, -0.1) is 0 Å². The summed E-state index contributed by atoms with van der Waals surface area (Å²) in [6.07, 6.45) is 3.22. The maximum Gasteiger partial charge on any atom is 0.256 e. The summed E-state index contributed by atoms with van der Waals surface area (Å²) in [6.45, 7) is 1.66. The van der Waals surface area contributed by atoms with Crippen molar-refractivity contribution in [2.75, 3.05) is 27.2 Å². The smallest absolute Gasteiger partial charge is 0.256 e. The van der Waals surface area contributed by atoms with Gasteiger partial charge in [0.1, 0.15) is 11.0 Å². The number of hydrogen-bond acceptors (Lipinski definition) is 3. The summed E-state index contributed by atoms with van der Waals surface area (Å²) < 4.78 is 13.1. The number of likely N-dealkylation sites (N-methyl/N-ethyl adjacent to an activating group) is 2. The Hall–Kier alpha value is -1.20. The van der Waals surface area contributed by atoms with Gasteiger partial charge in [0.15, 0.2) is 0 Å². The van der Waals surface area contributed by atoms with Gasteiger partial charge < -0.3 is 9.80 Å². The molecule has 0 radical (unpaired) electrons. The van der Waals surface area contributed by atoms with Gasteiger partial charge in [0, 0.05) is 19.6 Å². The van der Waals surface area contributed by atoms with E-state index in [1.54, 1.807) is 11.9 Å². The number of aromatic nitrogens is 1. The summed E-state index contributed by atoms with van der Waals surface area (Å²) in [5, 5.41) is 0.0398. The fraction of sp³-hybridized carbons (Fsp3) is 0.538. The molecule has 4 nitrogen and oxygen atoms in total. The number of halogens is 2. The number of carbonyl (C=O) groups is 1. The average molecular weight is 286 g/mol. The third-order valence-electron chi connectivity index (χ3n) is 3.54. The molecule has 0 bridgehead atoms. The van der Waals surface area contributed by atoms with Crippen LogP contribution < -0.4 is 0 Å². The van der Waals surface area contributed by atoms with Gasteiger partial charge in [-0.3, -0.25) is 4.79 Å². The average Bonchev–Trinajstić information content (AvgIpc) is 2.77. The van der Waals surface area contributed by atoms with Gasteiger partial charge in [0.05, 0.1) is 11.8 Å². The second-order valence-electron chi connectivity index (χ2n) is 4.95. The number of nitrogens with zero attached hydrogens (tertiary/aromatic N) is 3. The lowest BCUT2D eigenvalue weighted by Crippen LogP contribution is -2.39. The van der Waals surface area contributed by atoms with Crippen LogP contribution in [-0.2, 0) is 0 Å². The second-order valence-corrected chi connectivity index (χ2v) is 5.31. The van der Waals surface area contributed by atoms with Crippen molar-refractivity contribution in [1.29, 1.82) is 0 Å². The standard InChI is InChI=1S/C13H17ClFN3O/c1-17-5-3-4-10(17)8-18(2)13(19)11-6-9(15)7-16-12(11)14/h6-7,10H,3-5,8H2,1-2H3. The zero-order chi connectivity index (χ0) is 14.0. The molecule has 104 valence electrons. The van der Waals surface area contributed by atoms with Crippen LogP contribution in [0, 0.1) is 5.82 Å². The molecule has 0 aromatic carbocycles. The van der Waals surface area contributed by atoms with Crippen LogP contribution in [0.25, 0.3) is 0 Å². The van der Waals surface area contributed by atoms with E-state index in [2.05, 4.69) is 9.88 Å². The number of amides is 1. The minimum absolute atomic E-state index is 0.0398. The van der Waals surface area contributed by atoms with Crippen molar-refractivity contribution in [1.82, 2.24) is 14.8 Å². The molecular weight excluding hydrogens is 269 g/mol. The molecule has 1 aliphatic heterocycles. The molecule has 0 aliphatic carbocycles. The first kappa shape index (κ1) is 14.2. The molecule has 0 saturated carbocycles. The lowest BCUT2D eigenvalue weighted by molar-refractivity contribution is 0.0761. The van der Waals surface area contributed by atoms with Crippen LogP contribution in [0.4, 0.5) is 4.39 Å². The van der Waals surface area contributed by atoms with E-state index in [-0.39, 0.29) is 16.6 Å². The molecule has 6 heteroatoms. The van der Waals surface area contributed by atoms with Gasteiger partial charge in [-0.2, -0.15) is 0 Å². The fourth-order valence-corrected chi connectivity index (χ4v) is 2.57. The van der Waals surface area contributed by atoms with Crippen LogP contribution in [0.15, 0.2) is 12.3 Å². The van der Waals surface area contributed by atoms with Crippen molar-refractivity contribution in [3.05, 3.63) is 28.8 Å². The molecule has 0 spiro atoms. The monoisotopic (exact) mass is 285 g/mol. The summed E-state index contributed by atoms with van der Waals surface area (Å²) in [6, 6.07) is 1.49. The van der Waals surface area contributed by atoms with Gasteiger partial charge in [0.2, 0.25) is 0 Å². The Morgan fingerprint density at radius 2 is 2.42 bits per heavy atom. The highest BCUT2D eigenvalue weighted by Crippen LogP contribution is 2.19. The van der Waals surface area contributed by atoms with E-state index in [9.17, 15) is 9.18 Å². The van der Waals surface area contributed by atoms with Crippen molar-refractivity contribution in [2.24, 2.45) is 0 Å². The Bertz CT molecular complexity index is 483. The summed E-state index contributed by atoms with van der Waals surface area (Å²) in [5.41, 5.74) is 0.116. The first-order valence-corrected chi connectivity index (χ1v) is 6.63. The largest absolute Gasteiger partial charge is 0.340 e. The van der Waals surface area contributed by atoms with Crippen LogP contribution in [0.3, 0.4) is 0 Å². The van der Waals surface area contributed by atoms with Gasteiger partial charge in [-0.25, -0.2) is 9.37 Å². The molecule has 1 unspecified atom stereocenters. The van der Waals surface area contributed by atoms with Crippen LogP contribution in [-0.4, -0.2) is 53.9 Å². The second kappa shape index (κ2) is 5.84. The molecule has 1 amide bonds. The summed E-state index contributed by atoms with van der Waals surface area (Å²) in [5.74, 6) is -0.851. The number of carbonyl (C=O) groups excluding carboxylic acids is 1. The lowest BCUT2D eigenvalue weighted by Gasteiger charge is -2.26. The van der Waals surface area contributed by atoms with E-state index in [1.165, 1.54) is 0 Å². The van der Waals surface area contributed by atoms with Gasteiger partial charge in [-0.1, -0.05) is 11.6 Å². The van der Waals surface area contributed by atoms with Crippen molar-refractivity contribution in [3.8, 4) is 0 Å². The highest BCUT2D eigenvalue weighted by atomic mass is 35.5. The Morgan fingerprint density at radius 1 is 1.68 bits per heavy atom. The molecule has 19 heavy (non-hydrogen) atoms. The quantitative estimate of drug-likeness (QED) is 0.798. The summed E-state index contributed by atoms with van der Waals surface area (Å²) in [7, 11) is 3.75. The normalized spacial score (nSPS) is 19.7. The van der Waals surface area contributed by atoms with E-state index in [0.717, 1.165) is 31.6 Å². The van der Waals surface area contributed by atoms with E-state index in [1.807, 2.05) is 7.05 Å². The van der Waals surface area contributed by atoms with Crippen LogP contribution in [0.2, 0.25) is 5.15 Å². The number of hydrogen-bond donors (Lipinski definition) is 0. The summed E-state index contributed by atoms with van der Waals surface area (Å²) >= 11 is 5.84. The van der Waals surface area contributed by atoms with E-state index in [0.29, 0.717) is 12.6 Å². The zero-order valence-electron chi connectivity index (χ0n) is 11.1. The number of likely N-dealkylation sites (tertiary alicyclic amines) is 1. The first-order chi connectivity index (χ1) is 8.99. The maximum atomic E-state index is 13.1. The predicted octanol–water partition coefficient (Wildman–Crippen LogP) is 2.04. The summed E-state index contributed by atoms with van der Waals surface area (Å²) in [4.78, 5) is 19.7. The molecule has 2 heterocycles. The third-order valence-corrected chi connectivity index (χ3v) is 3.84. The highest BCUT2D eigenvalue weighted by Gasteiger charge is 2.25. The van der Waals surface area contributed by atoms with Gasteiger partial charge >= 0.3 is 0 Å². The topological polar surface area (TPSA) is 36.4 Å². The van der Waals surface area contributed by atoms with E-state index in [4.69, 9.17) is 11.6 Å². The SMILES string of the molecule is CN(CC1CCCN1C)C(=O)c1cc(F)cnc1Cl. The highest BCUT2D eigenvalue weighted by molar-refractivity contribution is 6.32. The lowest BCUT2D eigenvalue weighted by atomic mass is 10.2. The molecular formula is C13H17ClFN3O. The molecule has 1 saturated heterocycles.